The molecule has 24 heavy (non-hydrogen) atoms. The van der Waals surface area contributed by atoms with E-state index in [1.54, 1.807) is 18.2 Å². The number of hydrogen-bond donors (Lipinski definition) is 0. The number of nitrogens with zero attached hydrogens (tertiary/aromatic N) is 4. The Kier molecular flexibility index (Phi) is 3.66. The van der Waals surface area contributed by atoms with Crippen molar-refractivity contribution in [3.8, 4) is 0 Å². The van der Waals surface area contributed by atoms with E-state index in [4.69, 9.17) is 0 Å². The highest BCUT2D eigenvalue weighted by molar-refractivity contribution is 7.98. The van der Waals surface area contributed by atoms with Crippen LogP contribution in [0.1, 0.15) is 5.56 Å². The molecule has 4 rings (SSSR count). The summed E-state index contributed by atoms with van der Waals surface area (Å²) in [4.78, 5) is 11.3. The lowest BCUT2D eigenvalue weighted by Crippen LogP contribution is -1.90. The number of hydrogen-bond acceptors (Lipinski definition) is 6. The Labute approximate surface area is 143 Å². The second-order valence-electron chi connectivity index (χ2n) is 5.03. The summed E-state index contributed by atoms with van der Waals surface area (Å²) in [5.74, 6) is 0.331. The lowest BCUT2D eigenvalue weighted by molar-refractivity contribution is -0.384. The van der Waals surface area contributed by atoms with Gasteiger partial charge in [0.15, 0.2) is 5.16 Å². The van der Waals surface area contributed by atoms with Crippen molar-refractivity contribution in [3.63, 3.8) is 0 Å². The van der Waals surface area contributed by atoms with Gasteiger partial charge in [0, 0.05) is 17.9 Å². The molecular formula is C15H9FN4O2S2. The highest BCUT2D eigenvalue weighted by Crippen LogP contribution is 2.32. The molecule has 0 atom stereocenters. The van der Waals surface area contributed by atoms with E-state index in [-0.39, 0.29) is 11.5 Å². The van der Waals surface area contributed by atoms with Gasteiger partial charge in [-0.3, -0.25) is 14.5 Å². The molecule has 0 fully saturated rings. The quantitative estimate of drug-likeness (QED) is 0.308. The van der Waals surface area contributed by atoms with Crippen molar-refractivity contribution in [2.75, 3.05) is 0 Å². The lowest BCUT2D eigenvalue weighted by atomic mass is 10.2. The third-order valence-electron chi connectivity index (χ3n) is 3.48. The number of thiazole rings is 1. The van der Waals surface area contributed by atoms with Crippen LogP contribution in [0.25, 0.3) is 15.2 Å². The van der Waals surface area contributed by atoms with Gasteiger partial charge in [0.2, 0.25) is 4.96 Å². The SMILES string of the molecule is O=[N+]([O-])c1ccc2sc3nnc(SCc4ccc(F)cc4)n3c2c1. The lowest BCUT2D eigenvalue weighted by Gasteiger charge is -2.00. The summed E-state index contributed by atoms with van der Waals surface area (Å²) in [6.07, 6.45) is 0. The molecule has 9 heteroatoms. The van der Waals surface area contributed by atoms with Crippen LogP contribution in [-0.2, 0) is 5.75 Å². The molecule has 0 N–H and O–H groups in total. The van der Waals surface area contributed by atoms with Gasteiger partial charge in [-0.1, -0.05) is 35.2 Å². The van der Waals surface area contributed by atoms with Crippen LogP contribution in [0.2, 0.25) is 0 Å². The number of halogens is 1. The molecule has 0 radical (unpaired) electrons. The van der Waals surface area contributed by atoms with Crippen LogP contribution < -0.4 is 0 Å². The first kappa shape index (κ1) is 15.0. The fourth-order valence-corrected chi connectivity index (χ4v) is 4.23. The average molecular weight is 360 g/mol. The van der Waals surface area contributed by atoms with Crippen molar-refractivity contribution in [2.45, 2.75) is 10.9 Å². The molecule has 2 aromatic carbocycles. The molecule has 0 unspecified atom stereocenters. The molecule has 0 saturated heterocycles. The van der Waals surface area contributed by atoms with Gasteiger partial charge in [-0.25, -0.2) is 4.39 Å². The predicted octanol–water partition coefficient (Wildman–Crippen LogP) is 4.28. The average Bonchev–Trinajstić information content (AvgIpc) is 3.13. The Morgan fingerprint density at radius 1 is 1.21 bits per heavy atom. The minimum absolute atomic E-state index is 0.0328. The van der Waals surface area contributed by atoms with Crippen LogP contribution in [0.5, 0.6) is 0 Å². The molecule has 6 nitrogen and oxygen atoms in total. The van der Waals surface area contributed by atoms with Crippen LogP contribution >= 0.6 is 23.1 Å². The van der Waals surface area contributed by atoms with Gasteiger partial charge in [-0.15, -0.1) is 10.2 Å². The normalized spacial score (nSPS) is 11.4. The molecule has 2 heterocycles. The number of fused-ring (bicyclic) bond motifs is 3. The van der Waals surface area contributed by atoms with Gasteiger partial charge < -0.3 is 0 Å². The first-order valence-corrected chi connectivity index (χ1v) is 8.71. The smallest absolute Gasteiger partial charge is 0.260 e. The van der Waals surface area contributed by atoms with Crippen molar-refractivity contribution in [1.29, 1.82) is 0 Å². The molecule has 0 amide bonds. The molecule has 0 saturated carbocycles. The third-order valence-corrected chi connectivity index (χ3v) is 5.49. The van der Waals surface area contributed by atoms with Crippen molar-refractivity contribution >= 4 is 44.0 Å². The second kappa shape index (κ2) is 5.84. The van der Waals surface area contributed by atoms with Crippen molar-refractivity contribution < 1.29 is 9.31 Å². The Morgan fingerprint density at radius 3 is 2.75 bits per heavy atom. The van der Waals surface area contributed by atoms with Crippen LogP contribution in [0.15, 0.2) is 47.6 Å². The highest BCUT2D eigenvalue weighted by atomic mass is 32.2. The number of benzene rings is 2. The Balaban J connectivity index is 1.72. The van der Waals surface area contributed by atoms with Crippen molar-refractivity contribution in [2.24, 2.45) is 0 Å². The first-order chi connectivity index (χ1) is 11.6. The van der Waals surface area contributed by atoms with Gasteiger partial charge in [-0.2, -0.15) is 0 Å². The maximum atomic E-state index is 13.0. The van der Waals surface area contributed by atoms with Crippen molar-refractivity contribution in [1.82, 2.24) is 14.6 Å². The van der Waals surface area contributed by atoms with E-state index in [2.05, 4.69) is 10.2 Å². The Morgan fingerprint density at radius 2 is 2.00 bits per heavy atom. The zero-order valence-electron chi connectivity index (χ0n) is 12.0. The number of non-ortho nitro benzene ring substituents is 1. The summed E-state index contributed by atoms with van der Waals surface area (Å²) in [5.41, 5.74) is 1.71. The molecule has 120 valence electrons. The van der Waals surface area contributed by atoms with Crippen molar-refractivity contribution in [3.05, 3.63) is 64.0 Å². The summed E-state index contributed by atoms with van der Waals surface area (Å²) in [6.45, 7) is 0. The van der Waals surface area contributed by atoms with Crippen LogP contribution in [0, 0.1) is 15.9 Å². The first-order valence-electron chi connectivity index (χ1n) is 6.91. The van der Waals surface area contributed by atoms with Gasteiger partial charge >= 0.3 is 0 Å². The van der Waals surface area contributed by atoms with E-state index >= 15 is 0 Å². The van der Waals surface area contributed by atoms with E-state index < -0.39 is 4.92 Å². The van der Waals surface area contributed by atoms with E-state index in [9.17, 15) is 14.5 Å². The third kappa shape index (κ3) is 2.61. The topological polar surface area (TPSA) is 73.3 Å². The van der Waals surface area contributed by atoms with E-state index in [0.29, 0.717) is 15.9 Å². The molecule has 0 aliphatic heterocycles. The van der Waals surface area contributed by atoms with Gasteiger partial charge in [0.1, 0.15) is 5.82 Å². The molecular weight excluding hydrogens is 351 g/mol. The Hall–Kier alpha value is -2.52. The van der Waals surface area contributed by atoms with Gasteiger partial charge in [-0.05, 0) is 23.8 Å². The van der Waals surface area contributed by atoms with E-state index in [0.717, 1.165) is 15.8 Å². The standard InChI is InChI=1S/C15H9FN4O2S2/c16-10-3-1-9(2-4-10)8-23-14-17-18-15-19(14)12-7-11(20(21)22)5-6-13(12)24-15/h1-7H,8H2. The summed E-state index contributed by atoms with van der Waals surface area (Å²) >= 11 is 2.88. The zero-order chi connectivity index (χ0) is 16.7. The molecule has 2 aromatic heterocycles. The Bertz CT molecular complexity index is 1060. The number of thioether (sulfide) groups is 1. The molecule has 0 aliphatic carbocycles. The maximum absolute atomic E-state index is 13.0. The molecule has 0 bridgehead atoms. The number of nitro benzene ring substituents is 1. The van der Waals surface area contributed by atoms with E-state index in [1.165, 1.54) is 47.4 Å². The summed E-state index contributed by atoms with van der Waals surface area (Å²) in [7, 11) is 0. The minimum atomic E-state index is -0.418. The zero-order valence-corrected chi connectivity index (χ0v) is 13.7. The van der Waals surface area contributed by atoms with Gasteiger partial charge in [0.25, 0.3) is 5.69 Å². The molecule has 0 spiro atoms. The minimum Gasteiger partial charge on any atom is -0.260 e. The van der Waals surface area contributed by atoms with E-state index in [1.807, 2.05) is 4.40 Å². The molecule has 4 aromatic rings. The van der Waals surface area contributed by atoms with Crippen LogP contribution in [0.3, 0.4) is 0 Å². The number of nitro groups is 1. The number of rotatable bonds is 4. The maximum Gasteiger partial charge on any atom is 0.271 e. The second-order valence-corrected chi connectivity index (χ2v) is 6.98. The van der Waals surface area contributed by atoms with Crippen LogP contribution in [0.4, 0.5) is 10.1 Å². The van der Waals surface area contributed by atoms with Crippen LogP contribution in [-0.4, -0.2) is 19.5 Å². The summed E-state index contributed by atoms with van der Waals surface area (Å²) < 4.78 is 15.7. The fraction of sp³-hybridized carbons (Fsp3) is 0.0667. The number of aromatic nitrogens is 3. The predicted molar refractivity (Wildman–Crippen MR) is 91.0 cm³/mol. The fourth-order valence-electron chi connectivity index (χ4n) is 2.33. The summed E-state index contributed by atoms with van der Waals surface area (Å²) in [5, 5.41) is 19.9. The molecule has 0 aliphatic rings. The highest BCUT2D eigenvalue weighted by Gasteiger charge is 2.16. The monoisotopic (exact) mass is 360 g/mol. The van der Waals surface area contributed by atoms with Gasteiger partial charge in [0.05, 0.1) is 15.1 Å². The largest absolute Gasteiger partial charge is 0.271 e. The summed E-state index contributed by atoms with van der Waals surface area (Å²) in [6, 6.07) is 11.0.